The number of rotatable bonds is 2. The van der Waals surface area contributed by atoms with Crippen LogP contribution in [0.15, 0.2) is 36.9 Å². The van der Waals surface area contributed by atoms with E-state index in [-0.39, 0.29) is 6.04 Å². The van der Waals surface area contributed by atoms with E-state index in [2.05, 4.69) is 32.6 Å². The minimum Gasteiger partial charge on any atom is -0.399 e. The maximum absolute atomic E-state index is 5.84. The first-order valence-electron chi connectivity index (χ1n) is 6.60. The normalized spacial score (nSPS) is 17.3. The molecule has 1 unspecified atom stereocenters. The van der Waals surface area contributed by atoms with Gasteiger partial charge in [-0.2, -0.15) is 0 Å². The Bertz CT molecular complexity index is 778. The minimum absolute atomic E-state index is 0.251. The molecule has 2 heterocycles. The molecule has 6 heteroatoms. The Morgan fingerprint density at radius 3 is 3.25 bits per heavy atom. The molecule has 0 spiro atoms. The van der Waals surface area contributed by atoms with Crippen LogP contribution in [0, 0.1) is 0 Å². The third-order valence-corrected chi connectivity index (χ3v) is 3.77. The van der Waals surface area contributed by atoms with Gasteiger partial charge < -0.3 is 11.1 Å². The zero-order valence-electron chi connectivity index (χ0n) is 10.8. The molecule has 1 aliphatic carbocycles. The van der Waals surface area contributed by atoms with Crippen LogP contribution in [0.25, 0.3) is 5.65 Å². The van der Waals surface area contributed by atoms with Crippen LogP contribution in [0.3, 0.4) is 0 Å². The molecule has 1 aromatic carbocycles. The molecule has 4 rings (SSSR count). The topological polar surface area (TPSA) is 81.1 Å². The highest BCUT2D eigenvalue weighted by atomic mass is 15.2. The van der Waals surface area contributed by atoms with Crippen LogP contribution in [-0.4, -0.2) is 19.6 Å². The van der Waals surface area contributed by atoms with Gasteiger partial charge in [-0.25, -0.2) is 4.98 Å². The molecule has 0 saturated heterocycles. The van der Waals surface area contributed by atoms with Crippen molar-refractivity contribution in [3.63, 3.8) is 0 Å². The Morgan fingerprint density at radius 1 is 1.35 bits per heavy atom. The molecule has 1 aliphatic rings. The summed E-state index contributed by atoms with van der Waals surface area (Å²) in [6, 6.07) is 6.35. The summed E-state index contributed by atoms with van der Waals surface area (Å²) >= 11 is 0. The Kier molecular flexibility index (Phi) is 2.35. The zero-order chi connectivity index (χ0) is 13.5. The number of aryl methyl sites for hydroxylation is 1. The van der Waals surface area contributed by atoms with Crippen LogP contribution in [0.2, 0.25) is 0 Å². The van der Waals surface area contributed by atoms with Gasteiger partial charge in [0.15, 0.2) is 5.82 Å². The van der Waals surface area contributed by atoms with Crippen molar-refractivity contribution in [3.05, 3.63) is 48.0 Å². The number of hydrogen-bond donors (Lipinski definition) is 2. The van der Waals surface area contributed by atoms with Crippen LogP contribution in [0.1, 0.15) is 23.6 Å². The molecule has 2 aromatic heterocycles. The molecule has 0 amide bonds. The Hall–Kier alpha value is -2.63. The number of nitrogens with two attached hydrogens (primary N) is 1. The number of nitrogens with zero attached hydrogens (tertiary/aromatic N) is 4. The van der Waals surface area contributed by atoms with Crippen LogP contribution in [-0.2, 0) is 6.42 Å². The predicted molar refractivity (Wildman–Crippen MR) is 76.3 cm³/mol. The summed E-state index contributed by atoms with van der Waals surface area (Å²) < 4.78 is 1.86. The van der Waals surface area contributed by atoms with E-state index in [1.807, 2.05) is 16.7 Å². The molecule has 0 fully saturated rings. The van der Waals surface area contributed by atoms with Crippen LogP contribution in [0.4, 0.5) is 11.5 Å². The molecule has 0 saturated carbocycles. The van der Waals surface area contributed by atoms with Gasteiger partial charge >= 0.3 is 0 Å². The molecular weight excluding hydrogens is 252 g/mol. The van der Waals surface area contributed by atoms with Crippen molar-refractivity contribution in [2.24, 2.45) is 0 Å². The van der Waals surface area contributed by atoms with Crippen LogP contribution < -0.4 is 11.1 Å². The SMILES string of the molecule is Nc1ccc2c(c1)CCC2Nc1nccn2cnnc12. The number of fused-ring (bicyclic) bond motifs is 2. The maximum atomic E-state index is 5.84. The number of hydrogen-bond acceptors (Lipinski definition) is 5. The number of benzene rings is 1. The third kappa shape index (κ3) is 1.69. The predicted octanol–water partition coefficient (Wildman–Crippen LogP) is 1.81. The lowest BCUT2D eigenvalue weighted by Crippen LogP contribution is -2.09. The molecule has 0 bridgehead atoms. The van der Waals surface area contributed by atoms with E-state index >= 15 is 0 Å². The largest absolute Gasteiger partial charge is 0.399 e. The molecule has 1 atom stereocenters. The fourth-order valence-corrected chi connectivity index (χ4v) is 2.81. The van der Waals surface area contributed by atoms with Gasteiger partial charge in [-0.05, 0) is 36.1 Å². The smallest absolute Gasteiger partial charge is 0.203 e. The van der Waals surface area contributed by atoms with Crippen LogP contribution >= 0.6 is 0 Å². The second-order valence-corrected chi connectivity index (χ2v) is 5.03. The van der Waals surface area contributed by atoms with Gasteiger partial charge in [0.25, 0.3) is 0 Å². The van der Waals surface area contributed by atoms with Gasteiger partial charge in [-0.15, -0.1) is 10.2 Å². The number of nitrogen functional groups attached to an aromatic ring is 1. The molecular formula is C14H14N6. The molecule has 3 aromatic rings. The number of anilines is 2. The van der Waals surface area contributed by atoms with Gasteiger partial charge in [0.05, 0.1) is 6.04 Å². The van der Waals surface area contributed by atoms with Gasteiger partial charge in [-0.3, -0.25) is 4.40 Å². The monoisotopic (exact) mass is 266 g/mol. The maximum Gasteiger partial charge on any atom is 0.203 e. The molecule has 0 radical (unpaired) electrons. The summed E-state index contributed by atoms with van der Waals surface area (Å²) in [7, 11) is 0. The van der Waals surface area contributed by atoms with Gasteiger partial charge in [0.2, 0.25) is 5.65 Å². The van der Waals surface area contributed by atoms with Gasteiger partial charge in [0, 0.05) is 18.1 Å². The zero-order valence-corrected chi connectivity index (χ0v) is 10.8. The summed E-state index contributed by atoms with van der Waals surface area (Å²) in [5.41, 5.74) is 10.0. The molecule has 0 aliphatic heterocycles. The van der Waals surface area contributed by atoms with Crippen LogP contribution in [0.5, 0.6) is 0 Å². The first-order chi connectivity index (χ1) is 9.81. The quantitative estimate of drug-likeness (QED) is 0.691. The second-order valence-electron chi connectivity index (χ2n) is 5.03. The van der Waals surface area contributed by atoms with Crippen molar-refractivity contribution < 1.29 is 0 Å². The summed E-state index contributed by atoms with van der Waals surface area (Å²) in [4.78, 5) is 4.37. The lowest BCUT2D eigenvalue weighted by molar-refractivity contribution is 0.757. The van der Waals surface area contributed by atoms with E-state index in [0.717, 1.165) is 30.0 Å². The van der Waals surface area contributed by atoms with E-state index in [4.69, 9.17) is 5.73 Å². The van der Waals surface area contributed by atoms with E-state index in [0.29, 0.717) is 0 Å². The summed E-state index contributed by atoms with van der Waals surface area (Å²) in [5, 5.41) is 11.5. The molecule has 6 nitrogen and oxygen atoms in total. The standard InChI is InChI=1S/C14H14N6/c15-10-2-3-11-9(7-10)1-4-12(11)18-13-14-19-17-8-20(14)6-5-16-13/h2-3,5-8,12H,1,4,15H2,(H,16,18). The van der Waals surface area contributed by atoms with Crippen molar-refractivity contribution in [1.82, 2.24) is 19.6 Å². The lowest BCUT2D eigenvalue weighted by Gasteiger charge is -2.15. The first kappa shape index (κ1) is 11.2. The van der Waals surface area contributed by atoms with Crippen molar-refractivity contribution in [2.75, 3.05) is 11.1 Å². The first-order valence-corrected chi connectivity index (χ1v) is 6.60. The highest BCUT2D eigenvalue weighted by Crippen LogP contribution is 2.34. The van der Waals surface area contributed by atoms with E-state index in [9.17, 15) is 0 Å². The molecule has 3 N–H and O–H groups in total. The highest BCUT2D eigenvalue weighted by Gasteiger charge is 2.23. The highest BCUT2D eigenvalue weighted by molar-refractivity contribution is 5.63. The second kappa shape index (κ2) is 4.19. The van der Waals surface area contributed by atoms with E-state index < -0.39 is 0 Å². The Balaban J connectivity index is 1.70. The average molecular weight is 266 g/mol. The van der Waals surface area contributed by atoms with Crippen molar-refractivity contribution in [2.45, 2.75) is 18.9 Å². The Morgan fingerprint density at radius 2 is 2.30 bits per heavy atom. The Labute approximate surface area is 115 Å². The van der Waals surface area contributed by atoms with Gasteiger partial charge in [-0.1, -0.05) is 6.07 Å². The van der Waals surface area contributed by atoms with E-state index in [1.54, 1.807) is 12.5 Å². The summed E-state index contributed by atoms with van der Waals surface area (Å²) in [6.45, 7) is 0. The fraction of sp³-hybridized carbons (Fsp3) is 0.214. The van der Waals surface area contributed by atoms with Crippen molar-refractivity contribution in [3.8, 4) is 0 Å². The van der Waals surface area contributed by atoms with Gasteiger partial charge in [0.1, 0.15) is 6.33 Å². The average Bonchev–Trinajstić information content (AvgIpc) is 3.06. The lowest BCUT2D eigenvalue weighted by atomic mass is 10.1. The third-order valence-electron chi connectivity index (χ3n) is 3.77. The number of aromatic nitrogens is 4. The molecule has 20 heavy (non-hydrogen) atoms. The van der Waals surface area contributed by atoms with Crippen molar-refractivity contribution in [1.29, 1.82) is 0 Å². The van der Waals surface area contributed by atoms with Crippen molar-refractivity contribution >= 4 is 17.2 Å². The fourth-order valence-electron chi connectivity index (χ4n) is 2.81. The van der Waals surface area contributed by atoms with E-state index in [1.165, 1.54) is 11.1 Å². The number of nitrogens with one attached hydrogen (secondary N) is 1. The minimum atomic E-state index is 0.251. The molecule has 100 valence electrons. The summed E-state index contributed by atoms with van der Waals surface area (Å²) in [6.07, 6.45) is 7.33. The summed E-state index contributed by atoms with van der Waals surface area (Å²) in [5.74, 6) is 0.764.